The Morgan fingerprint density at radius 3 is 2.64 bits per heavy atom. The third-order valence-electron chi connectivity index (χ3n) is 1.92. The summed E-state index contributed by atoms with van der Waals surface area (Å²) >= 11 is 0. The Bertz CT molecular complexity index is 309. The largest absolute Gasteiger partial charge is 0.316 e. The maximum atomic E-state index is 3.11. The van der Waals surface area contributed by atoms with Crippen LogP contribution in [0.15, 0.2) is 48.1 Å². The lowest BCUT2D eigenvalue weighted by Crippen LogP contribution is -2.08. The van der Waals surface area contributed by atoms with E-state index in [1.54, 1.807) is 0 Å². The molecule has 1 rings (SSSR count). The predicted octanol–water partition coefficient (Wildman–Crippen LogP) is 2.87. The van der Waals surface area contributed by atoms with Gasteiger partial charge in [-0.2, -0.15) is 0 Å². The van der Waals surface area contributed by atoms with Crippen molar-refractivity contribution in [1.29, 1.82) is 0 Å². The number of hydrogen-bond donors (Lipinski definition) is 1. The van der Waals surface area contributed by atoms with E-state index in [0.29, 0.717) is 0 Å². The highest BCUT2D eigenvalue weighted by atomic mass is 14.8. The molecule has 0 amide bonds. The zero-order chi connectivity index (χ0) is 10.2. The summed E-state index contributed by atoms with van der Waals surface area (Å²) in [6.45, 7) is 3.06. The Morgan fingerprint density at radius 2 is 2.00 bits per heavy atom. The normalized spacial score (nSPS) is 12.3. The highest BCUT2D eigenvalue weighted by Gasteiger charge is 1.83. The van der Waals surface area contributed by atoms with Crippen LogP contribution in [0.3, 0.4) is 0 Å². The SMILES string of the molecule is CNC/C(C)=C\C=C\c1ccccc1. The molecular weight excluding hydrogens is 170 g/mol. The van der Waals surface area contributed by atoms with E-state index < -0.39 is 0 Å². The molecule has 1 N–H and O–H groups in total. The van der Waals surface area contributed by atoms with Crippen LogP contribution >= 0.6 is 0 Å². The molecule has 0 atom stereocenters. The quantitative estimate of drug-likeness (QED) is 0.715. The summed E-state index contributed by atoms with van der Waals surface area (Å²) in [7, 11) is 1.96. The topological polar surface area (TPSA) is 12.0 Å². The maximum absolute atomic E-state index is 3.11. The lowest BCUT2D eigenvalue weighted by molar-refractivity contribution is 0.880. The van der Waals surface area contributed by atoms with E-state index in [9.17, 15) is 0 Å². The van der Waals surface area contributed by atoms with E-state index >= 15 is 0 Å². The van der Waals surface area contributed by atoms with Crippen molar-refractivity contribution in [2.24, 2.45) is 0 Å². The second-order valence-corrected chi connectivity index (χ2v) is 3.31. The second kappa shape index (κ2) is 6.17. The highest BCUT2D eigenvalue weighted by Crippen LogP contribution is 2.01. The van der Waals surface area contributed by atoms with Crippen molar-refractivity contribution in [3.63, 3.8) is 0 Å². The Hall–Kier alpha value is -1.34. The molecule has 1 heteroatoms. The number of hydrogen-bond acceptors (Lipinski definition) is 1. The first-order valence-corrected chi connectivity index (χ1v) is 4.86. The highest BCUT2D eigenvalue weighted by molar-refractivity contribution is 5.50. The second-order valence-electron chi connectivity index (χ2n) is 3.31. The molecule has 0 aromatic heterocycles. The summed E-state index contributed by atoms with van der Waals surface area (Å²) in [4.78, 5) is 0. The molecule has 0 unspecified atom stereocenters. The summed E-state index contributed by atoms with van der Waals surface area (Å²) in [6, 6.07) is 10.3. The molecule has 1 nitrogen and oxygen atoms in total. The molecule has 0 spiro atoms. The van der Waals surface area contributed by atoms with Crippen molar-refractivity contribution in [1.82, 2.24) is 5.32 Å². The van der Waals surface area contributed by atoms with Gasteiger partial charge < -0.3 is 5.32 Å². The molecule has 0 heterocycles. The number of nitrogens with one attached hydrogen (secondary N) is 1. The van der Waals surface area contributed by atoms with Gasteiger partial charge in [-0.15, -0.1) is 0 Å². The van der Waals surface area contributed by atoms with E-state index in [1.807, 2.05) is 25.2 Å². The fraction of sp³-hybridized carbons (Fsp3) is 0.231. The van der Waals surface area contributed by atoms with E-state index in [4.69, 9.17) is 0 Å². The summed E-state index contributed by atoms with van der Waals surface area (Å²) in [5, 5.41) is 3.11. The average Bonchev–Trinajstić information content (AvgIpc) is 2.20. The molecule has 1 aromatic rings. The van der Waals surface area contributed by atoms with Crippen LogP contribution in [0.4, 0.5) is 0 Å². The zero-order valence-corrected chi connectivity index (χ0v) is 8.83. The fourth-order valence-electron chi connectivity index (χ4n) is 1.23. The van der Waals surface area contributed by atoms with Crippen LogP contribution in [0.2, 0.25) is 0 Å². The van der Waals surface area contributed by atoms with Crippen molar-refractivity contribution in [2.45, 2.75) is 6.92 Å². The van der Waals surface area contributed by atoms with Crippen molar-refractivity contribution in [3.8, 4) is 0 Å². The molecule has 0 bridgehead atoms. The summed E-state index contributed by atoms with van der Waals surface area (Å²) in [5.41, 5.74) is 2.57. The molecule has 0 radical (unpaired) electrons. The van der Waals surface area contributed by atoms with Gasteiger partial charge in [0.1, 0.15) is 0 Å². The van der Waals surface area contributed by atoms with Crippen LogP contribution in [0, 0.1) is 0 Å². The molecule has 0 aliphatic rings. The van der Waals surface area contributed by atoms with Gasteiger partial charge in [-0.1, -0.05) is 54.1 Å². The van der Waals surface area contributed by atoms with E-state index in [1.165, 1.54) is 11.1 Å². The molecule has 0 fully saturated rings. The van der Waals surface area contributed by atoms with Crippen molar-refractivity contribution in [2.75, 3.05) is 13.6 Å². The van der Waals surface area contributed by atoms with Gasteiger partial charge in [-0.3, -0.25) is 0 Å². The molecule has 0 aliphatic heterocycles. The van der Waals surface area contributed by atoms with Gasteiger partial charge in [0.2, 0.25) is 0 Å². The average molecular weight is 187 g/mol. The van der Waals surface area contributed by atoms with Crippen molar-refractivity contribution in [3.05, 3.63) is 53.6 Å². The summed E-state index contributed by atoms with van der Waals surface area (Å²) in [5.74, 6) is 0. The number of likely N-dealkylation sites (N-methyl/N-ethyl adjacent to an activating group) is 1. The minimum absolute atomic E-state index is 0.944. The van der Waals surface area contributed by atoms with Crippen LogP contribution in [0.25, 0.3) is 6.08 Å². The van der Waals surface area contributed by atoms with Gasteiger partial charge in [0.05, 0.1) is 0 Å². The minimum Gasteiger partial charge on any atom is -0.316 e. The monoisotopic (exact) mass is 187 g/mol. The maximum Gasteiger partial charge on any atom is 0.0161 e. The summed E-state index contributed by atoms with van der Waals surface area (Å²) in [6.07, 6.45) is 6.32. The Labute approximate surface area is 86.2 Å². The van der Waals surface area contributed by atoms with Gasteiger partial charge in [0.15, 0.2) is 0 Å². The van der Waals surface area contributed by atoms with Crippen LogP contribution in [-0.2, 0) is 0 Å². The lowest BCUT2D eigenvalue weighted by atomic mass is 10.2. The van der Waals surface area contributed by atoms with Gasteiger partial charge in [0.25, 0.3) is 0 Å². The van der Waals surface area contributed by atoms with Gasteiger partial charge in [-0.05, 0) is 19.5 Å². The smallest absolute Gasteiger partial charge is 0.0161 e. The molecular formula is C13H17N. The van der Waals surface area contributed by atoms with Crippen LogP contribution in [0.5, 0.6) is 0 Å². The summed E-state index contributed by atoms with van der Waals surface area (Å²) < 4.78 is 0. The van der Waals surface area contributed by atoms with Crippen molar-refractivity contribution >= 4 is 6.08 Å². The van der Waals surface area contributed by atoms with Crippen LogP contribution in [0.1, 0.15) is 12.5 Å². The van der Waals surface area contributed by atoms with Crippen LogP contribution in [-0.4, -0.2) is 13.6 Å². The minimum atomic E-state index is 0.944. The molecule has 74 valence electrons. The Kier molecular flexibility index (Phi) is 4.73. The predicted molar refractivity (Wildman–Crippen MR) is 63.2 cm³/mol. The number of allylic oxidation sites excluding steroid dienone is 2. The number of rotatable bonds is 4. The number of benzene rings is 1. The Morgan fingerprint density at radius 1 is 1.29 bits per heavy atom. The molecule has 14 heavy (non-hydrogen) atoms. The van der Waals surface area contributed by atoms with Crippen molar-refractivity contribution < 1.29 is 0 Å². The van der Waals surface area contributed by atoms with Crippen LogP contribution < -0.4 is 5.32 Å². The van der Waals surface area contributed by atoms with Gasteiger partial charge in [-0.25, -0.2) is 0 Å². The van der Waals surface area contributed by atoms with E-state index in [-0.39, 0.29) is 0 Å². The lowest BCUT2D eigenvalue weighted by Gasteiger charge is -1.95. The van der Waals surface area contributed by atoms with Gasteiger partial charge in [0, 0.05) is 6.54 Å². The van der Waals surface area contributed by atoms with Gasteiger partial charge >= 0.3 is 0 Å². The first-order valence-electron chi connectivity index (χ1n) is 4.86. The molecule has 0 saturated heterocycles. The van der Waals surface area contributed by atoms with E-state index in [0.717, 1.165) is 6.54 Å². The zero-order valence-electron chi connectivity index (χ0n) is 8.83. The molecule has 1 aromatic carbocycles. The Balaban J connectivity index is 2.53. The van der Waals surface area contributed by atoms with E-state index in [2.05, 4.69) is 42.6 Å². The first-order chi connectivity index (χ1) is 6.83. The fourth-order valence-corrected chi connectivity index (χ4v) is 1.23. The third-order valence-corrected chi connectivity index (χ3v) is 1.92. The molecule has 0 aliphatic carbocycles. The third kappa shape index (κ3) is 4.06. The first kappa shape index (κ1) is 10.7. The standard InChI is InChI=1S/C13H17N/c1-12(11-14-2)7-6-10-13-8-4-3-5-9-13/h3-10,14H,11H2,1-2H3/b10-6+,12-7-. The molecule has 0 saturated carbocycles.